The Bertz CT molecular complexity index is 1120. The van der Waals surface area contributed by atoms with Crippen LogP contribution in [0.4, 0.5) is 18.9 Å². The molecular weight excluding hydrogens is 515 g/mol. The van der Waals surface area contributed by atoms with Crippen molar-refractivity contribution in [3.8, 4) is 11.1 Å². The van der Waals surface area contributed by atoms with E-state index in [1.807, 2.05) is 29.2 Å². The van der Waals surface area contributed by atoms with E-state index >= 15 is 0 Å². The lowest BCUT2D eigenvalue weighted by Gasteiger charge is -2.47. The average molecular weight is 558 g/mol. The van der Waals surface area contributed by atoms with Gasteiger partial charge in [0.1, 0.15) is 0 Å². The second-order valence-corrected chi connectivity index (χ2v) is 12.1. The minimum absolute atomic E-state index is 0.0343. The molecule has 0 bridgehead atoms. The Morgan fingerprint density at radius 1 is 0.950 bits per heavy atom. The molecule has 1 amide bonds. The Labute approximate surface area is 236 Å². The molecule has 2 heterocycles. The van der Waals surface area contributed by atoms with Gasteiger partial charge in [0.25, 0.3) is 5.91 Å². The van der Waals surface area contributed by atoms with Gasteiger partial charge in [-0.25, -0.2) is 0 Å². The Kier molecular flexibility index (Phi) is 8.76. The van der Waals surface area contributed by atoms with Crippen LogP contribution in [0.25, 0.3) is 11.1 Å². The molecule has 1 saturated carbocycles. The fourth-order valence-corrected chi connectivity index (χ4v) is 6.61. The number of halogens is 3. The quantitative estimate of drug-likeness (QED) is 0.419. The van der Waals surface area contributed by atoms with Gasteiger partial charge in [-0.2, -0.15) is 13.2 Å². The Hall–Kier alpha value is -2.58. The van der Waals surface area contributed by atoms with Gasteiger partial charge in [0.15, 0.2) is 0 Å². The number of β-amino-alcohol motifs (C(OH)–C–C–N with tert-alkyl or cyclic N) is 1. The molecule has 0 radical (unpaired) electrons. The van der Waals surface area contributed by atoms with Crippen molar-refractivity contribution in [1.82, 2.24) is 9.80 Å². The maximum absolute atomic E-state index is 13.6. The first kappa shape index (κ1) is 28.9. The highest BCUT2D eigenvalue weighted by Crippen LogP contribution is 2.53. The zero-order valence-corrected chi connectivity index (χ0v) is 23.5. The molecule has 1 N–H and O–H groups in total. The molecule has 3 fully saturated rings. The molecular formula is C32H42F3N3O2. The molecule has 2 saturated heterocycles. The van der Waals surface area contributed by atoms with Gasteiger partial charge in [-0.05, 0) is 99.8 Å². The first-order valence-corrected chi connectivity index (χ1v) is 14.9. The van der Waals surface area contributed by atoms with Crippen molar-refractivity contribution in [2.45, 2.75) is 64.1 Å². The summed E-state index contributed by atoms with van der Waals surface area (Å²) in [7, 11) is 0. The molecule has 2 aromatic rings. The number of aliphatic hydroxyl groups is 1. The molecule has 218 valence electrons. The third-order valence-electron chi connectivity index (χ3n) is 9.39. The number of alkyl halides is 3. The Morgan fingerprint density at radius 3 is 2.10 bits per heavy atom. The zero-order valence-electron chi connectivity index (χ0n) is 23.5. The molecule has 3 aliphatic rings. The van der Waals surface area contributed by atoms with Crippen molar-refractivity contribution >= 4 is 11.6 Å². The molecule has 5 rings (SSSR count). The molecule has 0 aromatic heterocycles. The predicted octanol–water partition coefficient (Wildman–Crippen LogP) is 6.22. The number of carbonyl (C=O) groups excluding carboxylic acids is 1. The summed E-state index contributed by atoms with van der Waals surface area (Å²) in [6.45, 7) is 6.67. The summed E-state index contributed by atoms with van der Waals surface area (Å²) in [5.41, 5.74) is 2.44. The number of hydrogen-bond acceptors (Lipinski definition) is 4. The van der Waals surface area contributed by atoms with E-state index in [4.69, 9.17) is 0 Å². The van der Waals surface area contributed by atoms with Gasteiger partial charge in [0, 0.05) is 44.0 Å². The van der Waals surface area contributed by atoms with Gasteiger partial charge in [-0.3, -0.25) is 4.79 Å². The van der Waals surface area contributed by atoms with E-state index in [2.05, 4.69) is 36.1 Å². The van der Waals surface area contributed by atoms with Crippen LogP contribution < -0.4 is 4.90 Å². The van der Waals surface area contributed by atoms with E-state index in [0.717, 1.165) is 68.7 Å². The third-order valence-corrected chi connectivity index (χ3v) is 9.39. The monoisotopic (exact) mass is 557 g/mol. The molecule has 0 spiro atoms. The highest BCUT2D eigenvalue weighted by molar-refractivity contribution is 5.94. The number of amides is 1. The van der Waals surface area contributed by atoms with Gasteiger partial charge in [-0.15, -0.1) is 0 Å². The summed E-state index contributed by atoms with van der Waals surface area (Å²) in [4.78, 5) is 18.9. The standard InChI is InChI=1S/C32H42F3N3O2/c1-2-37(21-24-14-19-36(20-15-24)23-31(16-4-17-31)32(33,34)35)28-12-10-26(11-13-28)25-6-8-27(9-7-25)30(40)38-18-3-5-29(39)22-38/h6-13,24,29,39H,2-5,14-23H2,1H3/t29-/m1/s1. The fourth-order valence-electron chi connectivity index (χ4n) is 6.61. The van der Waals surface area contributed by atoms with E-state index in [1.54, 1.807) is 4.90 Å². The molecule has 5 nitrogen and oxygen atoms in total. The molecule has 8 heteroatoms. The van der Waals surface area contributed by atoms with Gasteiger partial charge in [0.05, 0.1) is 11.5 Å². The highest BCUT2D eigenvalue weighted by atomic mass is 19.4. The first-order valence-electron chi connectivity index (χ1n) is 14.9. The van der Waals surface area contributed by atoms with E-state index in [0.29, 0.717) is 31.0 Å². The number of likely N-dealkylation sites (tertiary alicyclic amines) is 2. The lowest BCUT2D eigenvalue weighted by Crippen LogP contribution is -2.53. The maximum Gasteiger partial charge on any atom is 0.395 e. The van der Waals surface area contributed by atoms with Crippen molar-refractivity contribution in [2.24, 2.45) is 11.3 Å². The maximum atomic E-state index is 13.6. The zero-order chi connectivity index (χ0) is 28.3. The van der Waals surface area contributed by atoms with Gasteiger partial charge < -0.3 is 19.8 Å². The molecule has 1 atom stereocenters. The number of benzene rings is 2. The topological polar surface area (TPSA) is 47.0 Å². The first-order chi connectivity index (χ1) is 19.2. The lowest BCUT2D eigenvalue weighted by molar-refractivity contribution is -0.256. The van der Waals surface area contributed by atoms with E-state index in [1.165, 1.54) is 0 Å². The Balaban J connectivity index is 1.14. The number of hydrogen-bond donors (Lipinski definition) is 1. The second-order valence-electron chi connectivity index (χ2n) is 12.1. The van der Waals surface area contributed by atoms with Crippen LogP contribution in [-0.2, 0) is 0 Å². The number of piperidine rings is 2. The van der Waals surface area contributed by atoms with Crippen LogP contribution >= 0.6 is 0 Å². The molecule has 40 heavy (non-hydrogen) atoms. The summed E-state index contributed by atoms with van der Waals surface area (Å²) in [6, 6.07) is 16.1. The van der Waals surface area contributed by atoms with Crippen LogP contribution in [0.1, 0.15) is 62.2 Å². The van der Waals surface area contributed by atoms with E-state index in [9.17, 15) is 23.1 Å². The van der Waals surface area contributed by atoms with Crippen LogP contribution in [0.15, 0.2) is 48.5 Å². The molecule has 0 unspecified atom stereocenters. The molecule has 2 aliphatic heterocycles. The number of carbonyl (C=O) groups is 1. The van der Waals surface area contributed by atoms with Crippen molar-refractivity contribution in [3.63, 3.8) is 0 Å². The van der Waals surface area contributed by atoms with Crippen LogP contribution in [0.2, 0.25) is 0 Å². The molecule has 1 aliphatic carbocycles. The summed E-state index contributed by atoms with van der Waals surface area (Å²) >= 11 is 0. The largest absolute Gasteiger partial charge is 0.395 e. The van der Waals surface area contributed by atoms with Crippen molar-refractivity contribution in [1.29, 1.82) is 0 Å². The fraction of sp³-hybridized carbons (Fsp3) is 0.594. The van der Waals surface area contributed by atoms with E-state index < -0.39 is 17.7 Å². The summed E-state index contributed by atoms with van der Waals surface area (Å²) in [6.07, 6.45) is 0.166. The minimum atomic E-state index is -4.09. The Morgan fingerprint density at radius 2 is 1.57 bits per heavy atom. The number of nitrogens with zero attached hydrogens (tertiary/aromatic N) is 3. The van der Waals surface area contributed by atoms with Crippen LogP contribution in [0.5, 0.6) is 0 Å². The SMILES string of the molecule is CCN(CC1CCN(CC2(C(F)(F)F)CCC2)CC1)c1ccc(-c2ccc(C(=O)N3CCC[C@@H](O)C3)cc2)cc1. The lowest BCUT2D eigenvalue weighted by atomic mass is 9.67. The van der Waals surface area contributed by atoms with Crippen LogP contribution in [0, 0.1) is 11.3 Å². The van der Waals surface area contributed by atoms with Crippen molar-refractivity contribution in [3.05, 3.63) is 54.1 Å². The second kappa shape index (κ2) is 12.1. The third kappa shape index (κ3) is 6.33. The number of rotatable bonds is 8. The number of anilines is 1. The predicted molar refractivity (Wildman–Crippen MR) is 152 cm³/mol. The minimum Gasteiger partial charge on any atom is -0.391 e. The van der Waals surface area contributed by atoms with Crippen LogP contribution in [0.3, 0.4) is 0 Å². The summed E-state index contributed by atoms with van der Waals surface area (Å²) in [5, 5.41) is 9.89. The van der Waals surface area contributed by atoms with E-state index in [-0.39, 0.29) is 25.3 Å². The van der Waals surface area contributed by atoms with Gasteiger partial charge in [-0.1, -0.05) is 30.7 Å². The number of aliphatic hydroxyl groups excluding tert-OH is 1. The smallest absolute Gasteiger partial charge is 0.391 e. The van der Waals surface area contributed by atoms with Crippen LogP contribution in [-0.4, -0.2) is 78.9 Å². The molecule has 2 aromatic carbocycles. The summed E-state index contributed by atoms with van der Waals surface area (Å²) in [5.74, 6) is 0.443. The van der Waals surface area contributed by atoms with Crippen molar-refractivity contribution < 1.29 is 23.1 Å². The normalized spacial score (nSPS) is 22.1. The van der Waals surface area contributed by atoms with Gasteiger partial charge >= 0.3 is 6.18 Å². The van der Waals surface area contributed by atoms with Gasteiger partial charge in [0.2, 0.25) is 0 Å². The van der Waals surface area contributed by atoms with Crippen molar-refractivity contribution in [2.75, 3.05) is 50.7 Å². The average Bonchev–Trinajstić information content (AvgIpc) is 2.93. The summed E-state index contributed by atoms with van der Waals surface area (Å²) < 4.78 is 40.8. The highest BCUT2D eigenvalue weighted by Gasteiger charge is 2.58.